The summed E-state index contributed by atoms with van der Waals surface area (Å²) in [6, 6.07) is 8.12. The first kappa shape index (κ1) is 22.2. The normalized spacial score (nSPS) is 18.7. The number of anilines is 1. The Balaban J connectivity index is 1.26. The van der Waals surface area contributed by atoms with E-state index in [2.05, 4.69) is 32.4 Å². The van der Waals surface area contributed by atoms with E-state index in [0.29, 0.717) is 17.9 Å². The van der Waals surface area contributed by atoms with Gasteiger partial charge >= 0.3 is 0 Å². The van der Waals surface area contributed by atoms with Crippen LogP contribution >= 0.6 is 0 Å². The Labute approximate surface area is 202 Å². The second-order valence-electron chi connectivity index (χ2n) is 9.57. The number of alkyl halides is 1. The van der Waals surface area contributed by atoms with Crippen LogP contribution in [0.25, 0.3) is 27.7 Å². The largest absolute Gasteiger partial charge is 0.479 e. The number of methoxy groups -OCH3 is 1. The zero-order chi connectivity index (χ0) is 24.0. The number of fused-ring (bicyclic) bond motifs is 2. The molecule has 2 aliphatic heterocycles. The molecule has 1 N–H and O–H groups in total. The van der Waals surface area contributed by atoms with Gasteiger partial charge in [0, 0.05) is 30.9 Å². The Morgan fingerprint density at radius 2 is 2.06 bits per heavy atom. The van der Waals surface area contributed by atoms with E-state index in [1.807, 2.05) is 30.5 Å². The van der Waals surface area contributed by atoms with Gasteiger partial charge in [-0.25, -0.2) is 13.6 Å². The van der Waals surface area contributed by atoms with E-state index in [0.717, 1.165) is 66.8 Å². The third-order valence-corrected chi connectivity index (χ3v) is 7.21. The van der Waals surface area contributed by atoms with Crippen LogP contribution in [-0.2, 0) is 11.3 Å². The Kier molecular flexibility index (Phi) is 5.53. The number of nitrogens with zero attached hydrogens (tertiary/aromatic N) is 7. The predicted molar refractivity (Wildman–Crippen MR) is 129 cm³/mol. The fourth-order valence-corrected chi connectivity index (χ4v) is 5.13. The zero-order valence-electron chi connectivity index (χ0n) is 19.9. The Hall–Kier alpha value is -3.31. The average Bonchev–Trinajstić information content (AvgIpc) is 3.47. The molecule has 4 aromatic rings. The number of ether oxygens (including phenoxy) is 2. The molecule has 0 atom stereocenters. The molecule has 0 spiro atoms. The Morgan fingerprint density at radius 1 is 1.23 bits per heavy atom. The molecule has 1 aromatic carbocycles. The van der Waals surface area contributed by atoms with Crippen molar-refractivity contribution >= 4 is 22.5 Å². The van der Waals surface area contributed by atoms with Crippen molar-refractivity contribution in [2.75, 3.05) is 45.4 Å². The molecule has 10 nitrogen and oxygen atoms in total. The summed E-state index contributed by atoms with van der Waals surface area (Å²) < 4.78 is 27.4. The Morgan fingerprint density at radius 3 is 2.77 bits per heavy atom. The number of piperidine rings is 1. The van der Waals surface area contributed by atoms with Gasteiger partial charge in [0.2, 0.25) is 11.8 Å². The summed E-state index contributed by atoms with van der Waals surface area (Å²) >= 11 is 0. The number of hydrogen-bond donors (Lipinski definition) is 1. The van der Waals surface area contributed by atoms with Gasteiger partial charge in [-0.05, 0) is 43.5 Å². The molecular formula is C24H29FN8O2. The molecule has 2 fully saturated rings. The molecule has 6 rings (SSSR count). The van der Waals surface area contributed by atoms with Crippen molar-refractivity contribution in [1.82, 2.24) is 34.5 Å². The lowest BCUT2D eigenvalue weighted by Gasteiger charge is -2.49. The number of nitrogens with one attached hydrogen (secondary N) is 1. The van der Waals surface area contributed by atoms with Gasteiger partial charge in [-0.2, -0.15) is 4.98 Å². The lowest BCUT2D eigenvalue weighted by molar-refractivity contribution is -0.135. The van der Waals surface area contributed by atoms with Crippen LogP contribution < -0.4 is 10.1 Å². The molecule has 0 unspecified atom stereocenters. The predicted octanol–water partition coefficient (Wildman–Crippen LogP) is 2.78. The van der Waals surface area contributed by atoms with E-state index in [9.17, 15) is 4.39 Å². The Bertz CT molecular complexity index is 1360. The van der Waals surface area contributed by atoms with Crippen molar-refractivity contribution in [2.24, 2.45) is 0 Å². The summed E-state index contributed by atoms with van der Waals surface area (Å²) in [4.78, 5) is 7.22. The number of hydrogen-bond acceptors (Lipinski definition) is 8. The van der Waals surface area contributed by atoms with Crippen LogP contribution in [0.5, 0.6) is 5.88 Å². The van der Waals surface area contributed by atoms with Gasteiger partial charge in [-0.15, -0.1) is 10.2 Å². The van der Waals surface area contributed by atoms with Gasteiger partial charge in [0.25, 0.3) is 0 Å². The van der Waals surface area contributed by atoms with Crippen molar-refractivity contribution in [2.45, 2.75) is 37.9 Å². The van der Waals surface area contributed by atoms with Crippen LogP contribution in [0.2, 0.25) is 0 Å². The minimum absolute atomic E-state index is 0.171. The van der Waals surface area contributed by atoms with E-state index in [1.54, 1.807) is 16.3 Å². The number of aryl methyl sites for hydroxylation is 1. The molecule has 0 saturated carbocycles. The summed E-state index contributed by atoms with van der Waals surface area (Å²) in [5.74, 6) is 1.04. The van der Waals surface area contributed by atoms with Crippen molar-refractivity contribution in [3.8, 4) is 17.0 Å². The maximum absolute atomic E-state index is 12.9. The monoisotopic (exact) mass is 480 g/mol. The van der Waals surface area contributed by atoms with Crippen LogP contribution in [0.3, 0.4) is 0 Å². The van der Waals surface area contributed by atoms with Crippen molar-refractivity contribution < 1.29 is 13.9 Å². The topological polar surface area (TPSA) is 94.6 Å². The minimum Gasteiger partial charge on any atom is -0.479 e. The standard InChI is InChI=1S/C24H29FN8O2/c1-24(14-35-15-24)31-9-5-17(6-10-31)26-23-27-22(34-2)21-18(7-11-33(21)29-23)16-3-4-19-20(13-16)32(12-8-25)30-28-19/h3-4,7,11,13,17H,5-6,8-10,12,14-15H2,1-2H3,(H,26,29). The van der Waals surface area contributed by atoms with Gasteiger partial charge in [-0.1, -0.05) is 11.3 Å². The highest BCUT2D eigenvalue weighted by Crippen LogP contribution is 2.33. The molecule has 11 heteroatoms. The van der Waals surface area contributed by atoms with Crippen LogP contribution in [-0.4, -0.2) is 86.2 Å². The molecule has 2 saturated heterocycles. The maximum Gasteiger partial charge on any atom is 0.244 e. The van der Waals surface area contributed by atoms with Crippen LogP contribution in [0.1, 0.15) is 19.8 Å². The van der Waals surface area contributed by atoms with E-state index < -0.39 is 6.67 Å². The number of likely N-dealkylation sites (tertiary alicyclic amines) is 1. The van der Waals surface area contributed by atoms with E-state index in [1.165, 1.54) is 0 Å². The van der Waals surface area contributed by atoms with Gasteiger partial charge in [0.15, 0.2) is 0 Å². The van der Waals surface area contributed by atoms with Gasteiger partial charge < -0.3 is 14.8 Å². The van der Waals surface area contributed by atoms with E-state index in [-0.39, 0.29) is 12.1 Å². The molecule has 184 valence electrons. The first-order valence-electron chi connectivity index (χ1n) is 12.0. The summed E-state index contributed by atoms with van der Waals surface area (Å²) in [5.41, 5.74) is 4.33. The summed E-state index contributed by atoms with van der Waals surface area (Å²) in [6.07, 6.45) is 3.95. The highest BCUT2D eigenvalue weighted by molar-refractivity contribution is 5.89. The van der Waals surface area contributed by atoms with E-state index >= 15 is 0 Å². The third kappa shape index (κ3) is 3.88. The van der Waals surface area contributed by atoms with Crippen molar-refractivity contribution in [1.29, 1.82) is 0 Å². The molecule has 0 radical (unpaired) electrons. The zero-order valence-corrected chi connectivity index (χ0v) is 19.9. The lowest BCUT2D eigenvalue weighted by Crippen LogP contribution is -2.62. The van der Waals surface area contributed by atoms with E-state index in [4.69, 9.17) is 14.6 Å². The fourth-order valence-electron chi connectivity index (χ4n) is 5.13. The van der Waals surface area contributed by atoms with Crippen LogP contribution in [0.15, 0.2) is 30.5 Å². The molecule has 35 heavy (non-hydrogen) atoms. The van der Waals surface area contributed by atoms with Gasteiger partial charge in [-0.3, -0.25) is 4.90 Å². The lowest BCUT2D eigenvalue weighted by atomic mass is 9.93. The molecule has 0 aliphatic carbocycles. The second kappa shape index (κ2) is 8.72. The number of benzene rings is 1. The molecule has 5 heterocycles. The molecule has 0 amide bonds. The average molecular weight is 481 g/mol. The fraction of sp³-hybridized carbons (Fsp3) is 0.500. The van der Waals surface area contributed by atoms with Crippen LogP contribution in [0.4, 0.5) is 10.3 Å². The maximum atomic E-state index is 12.9. The summed E-state index contributed by atoms with van der Waals surface area (Å²) in [7, 11) is 1.62. The summed E-state index contributed by atoms with van der Waals surface area (Å²) in [5, 5.41) is 16.4. The van der Waals surface area contributed by atoms with Gasteiger partial charge in [0.05, 0.1) is 37.9 Å². The number of halogens is 1. The summed E-state index contributed by atoms with van der Waals surface area (Å²) in [6.45, 7) is 5.64. The van der Waals surface area contributed by atoms with Crippen LogP contribution in [0, 0.1) is 0 Å². The van der Waals surface area contributed by atoms with Crippen molar-refractivity contribution in [3.63, 3.8) is 0 Å². The quantitative estimate of drug-likeness (QED) is 0.432. The number of aromatic nitrogens is 6. The van der Waals surface area contributed by atoms with Gasteiger partial charge in [0.1, 0.15) is 17.7 Å². The highest BCUT2D eigenvalue weighted by Gasteiger charge is 2.40. The first-order valence-corrected chi connectivity index (χ1v) is 12.0. The number of rotatable bonds is 7. The third-order valence-electron chi connectivity index (χ3n) is 7.21. The van der Waals surface area contributed by atoms with Crippen molar-refractivity contribution in [3.05, 3.63) is 30.5 Å². The smallest absolute Gasteiger partial charge is 0.244 e. The highest BCUT2D eigenvalue weighted by atomic mass is 19.1. The molecule has 0 bridgehead atoms. The molecular weight excluding hydrogens is 451 g/mol. The molecule has 3 aromatic heterocycles. The first-order chi connectivity index (χ1) is 17.1. The minimum atomic E-state index is -0.498. The SMILES string of the molecule is COc1nc(NC2CCN(C3(C)COC3)CC2)nn2ccc(-c3ccc4nnn(CCF)c4c3)c12. The molecule has 2 aliphatic rings. The second-order valence-corrected chi connectivity index (χ2v) is 9.57.